The van der Waals surface area contributed by atoms with Crippen LogP contribution in [0.4, 0.5) is 0 Å². The van der Waals surface area contributed by atoms with Crippen LogP contribution < -0.4 is 0 Å². The van der Waals surface area contributed by atoms with Crippen LogP contribution in [-0.4, -0.2) is 5.78 Å². The van der Waals surface area contributed by atoms with Crippen molar-refractivity contribution in [3.8, 4) is 22.3 Å². The molecule has 0 unspecified atom stereocenters. The Morgan fingerprint density at radius 3 is 2.27 bits per heavy atom. The fourth-order valence-electron chi connectivity index (χ4n) is 2.10. The van der Waals surface area contributed by atoms with Crippen LogP contribution in [0, 0.1) is 18.8 Å². The lowest BCUT2D eigenvalue weighted by Gasteiger charge is -1.98. The summed E-state index contributed by atoms with van der Waals surface area (Å²) in [5.41, 5.74) is 2.60. The Kier molecular flexibility index (Phi) is 4.18. The number of ketones is 1. The predicted molar refractivity (Wildman–Crippen MR) is 92.1 cm³/mol. The zero-order valence-corrected chi connectivity index (χ0v) is 13.0. The first kappa shape index (κ1) is 14.3. The first-order valence-corrected chi connectivity index (χ1v) is 7.82. The third kappa shape index (κ3) is 3.33. The van der Waals surface area contributed by atoms with Crippen molar-refractivity contribution in [2.24, 2.45) is 0 Å². The standard InChI is InChI=1S/C20H14OS/c1-15-7-14-20(22-15)18-11-9-17(10-12-18)19(21)13-8-16-5-3-2-4-6-16/h2-7,9-12,14H,1H3. The monoisotopic (exact) mass is 302 g/mol. The van der Waals surface area contributed by atoms with Crippen LogP contribution in [0.15, 0.2) is 66.7 Å². The molecule has 0 fully saturated rings. The molecule has 3 aromatic rings. The smallest absolute Gasteiger partial charge is 0.236 e. The van der Waals surface area contributed by atoms with Crippen LogP contribution >= 0.6 is 11.3 Å². The summed E-state index contributed by atoms with van der Waals surface area (Å²) in [6.45, 7) is 2.09. The van der Waals surface area contributed by atoms with Gasteiger partial charge in [-0.3, -0.25) is 4.79 Å². The second kappa shape index (κ2) is 6.43. The Balaban J connectivity index is 1.78. The van der Waals surface area contributed by atoms with E-state index >= 15 is 0 Å². The van der Waals surface area contributed by atoms with E-state index in [9.17, 15) is 4.79 Å². The number of aryl methyl sites for hydroxylation is 1. The zero-order valence-electron chi connectivity index (χ0n) is 12.2. The quantitative estimate of drug-likeness (QED) is 0.483. The molecule has 0 saturated heterocycles. The van der Waals surface area contributed by atoms with Crippen molar-refractivity contribution in [1.29, 1.82) is 0 Å². The number of carbonyl (C=O) groups is 1. The largest absolute Gasteiger partial charge is 0.279 e. The summed E-state index contributed by atoms with van der Waals surface area (Å²) in [6.07, 6.45) is 0. The van der Waals surface area contributed by atoms with E-state index < -0.39 is 0 Å². The van der Waals surface area contributed by atoms with E-state index in [1.807, 2.05) is 54.6 Å². The van der Waals surface area contributed by atoms with Gasteiger partial charge in [0.25, 0.3) is 0 Å². The molecular weight excluding hydrogens is 288 g/mol. The van der Waals surface area contributed by atoms with Gasteiger partial charge >= 0.3 is 0 Å². The van der Waals surface area contributed by atoms with E-state index in [2.05, 4.69) is 30.9 Å². The van der Waals surface area contributed by atoms with Gasteiger partial charge in [-0.1, -0.05) is 36.3 Å². The van der Waals surface area contributed by atoms with Crippen molar-refractivity contribution < 1.29 is 4.79 Å². The van der Waals surface area contributed by atoms with Gasteiger partial charge in [0.05, 0.1) is 0 Å². The third-order valence-corrected chi connectivity index (χ3v) is 4.32. The maximum absolute atomic E-state index is 12.1. The molecule has 0 aliphatic carbocycles. The second-order valence-electron chi connectivity index (χ2n) is 4.93. The van der Waals surface area contributed by atoms with Gasteiger partial charge in [-0.25, -0.2) is 0 Å². The van der Waals surface area contributed by atoms with Gasteiger partial charge in [0.1, 0.15) is 0 Å². The van der Waals surface area contributed by atoms with Crippen molar-refractivity contribution in [3.05, 3.63) is 82.7 Å². The minimum Gasteiger partial charge on any atom is -0.279 e. The van der Waals surface area contributed by atoms with Crippen molar-refractivity contribution in [1.82, 2.24) is 0 Å². The lowest BCUT2D eigenvalue weighted by Crippen LogP contribution is -1.94. The molecule has 0 spiro atoms. The van der Waals surface area contributed by atoms with Gasteiger partial charge in [0, 0.05) is 20.9 Å². The summed E-state index contributed by atoms with van der Waals surface area (Å²) in [6, 6.07) is 21.4. The molecule has 0 N–H and O–H groups in total. The highest BCUT2D eigenvalue weighted by molar-refractivity contribution is 7.15. The molecule has 3 rings (SSSR count). The molecule has 1 nitrogen and oxygen atoms in total. The number of Topliss-reactive ketones (excluding diaryl/α,β-unsaturated/α-hetero) is 1. The predicted octanol–water partition coefficient (Wildman–Crippen LogP) is 4.96. The zero-order chi connectivity index (χ0) is 15.4. The molecule has 0 bridgehead atoms. The number of thiophene rings is 1. The van der Waals surface area contributed by atoms with Crippen LogP contribution in [-0.2, 0) is 0 Å². The molecule has 106 valence electrons. The minimum atomic E-state index is -0.155. The van der Waals surface area contributed by atoms with Crippen molar-refractivity contribution in [2.75, 3.05) is 0 Å². The molecule has 22 heavy (non-hydrogen) atoms. The number of benzene rings is 2. The number of carbonyl (C=O) groups excluding carboxylic acids is 1. The van der Waals surface area contributed by atoms with Gasteiger partial charge in [0.15, 0.2) is 0 Å². The molecule has 0 saturated carbocycles. The fourth-order valence-corrected chi connectivity index (χ4v) is 2.97. The van der Waals surface area contributed by atoms with E-state index in [1.165, 1.54) is 9.75 Å². The molecule has 0 aliphatic heterocycles. The molecule has 1 aromatic heterocycles. The Morgan fingerprint density at radius 1 is 0.909 bits per heavy atom. The summed E-state index contributed by atoms with van der Waals surface area (Å²) < 4.78 is 0. The van der Waals surface area contributed by atoms with Crippen LogP contribution in [0.3, 0.4) is 0 Å². The maximum Gasteiger partial charge on any atom is 0.236 e. The van der Waals surface area contributed by atoms with Crippen molar-refractivity contribution in [3.63, 3.8) is 0 Å². The Labute approximate surface area is 134 Å². The molecular formula is C20H14OS. The van der Waals surface area contributed by atoms with Crippen LogP contribution in [0.2, 0.25) is 0 Å². The minimum absolute atomic E-state index is 0.155. The van der Waals surface area contributed by atoms with E-state index in [1.54, 1.807) is 11.3 Å². The lowest BCUT2D eigenvalue weighted by atomic mass is 10.1. The van der Waals surface area contributed by atoms with E-state index in [0.29, 0.717) is 5.56 Å². The Hall–Kier alpha value is -2.63. The SMILES string of the molecule is Cc1ccc(-c2ccc(C(=O)C#Cc3ccccc3)cc2)s1. The molecule has 0 atom stereocenters. The van der Waals surface area contributed by atoms with Gasteiger partial charge in [-0.05, 0) is 54.8 Å². The van der Waals surface area contributed by atoms with Crippen molar-refractivity contribution >= 4 is 17.1 Å². The summed E-state index contributed by atoms with van der Waals surface area (Å²) in [7, 11) is 0. The summed E-state index contributed by atoms with van der Waals surface area (Å²) in [5.74, 6) is 5.43. The second-order valence-corrected chi connectivity index (χ2v) is 6.22. The van der Waals surface area contributed by atoms with Gasteiger partial charge in [-0.15, -0.1) is 11.3 Å². The van der Waals surface area contributed by atoms with E-state index in [4.69, 9.17) is 0 Å². The molecule has 0 radical (unpaired) electrons. The van der Waals surface area contributed by atoms with Crippen LogP contribution in [0.25, 0.3) is 10.4 Å². The third-order valence-electron chi connectivity index (χ3n) is 3.27. The molecule has 2 aromatic carbocycles. The van der Waals surface area contributed by atoms with Gasteiger partial charge in [0.2, 0.25) is 5.78 Å². The lowest BCUT2D eigenvalue weighted by molar-refractivity contribution is 0.105. The number of rotatable bonds is 2. The fraction of sp³-hybridized carbons (Fsp3) is 0.0500. The topological polar surface area (TPSA) is 17.1 Å². The van der Waals surface area contributed by atoms with Gasteiger partial charge in [-0.2, -0.15) is 0 Å². The van der Waals surface area contributed by atoms with Gasteiger partial charge < -0.3 is 0 Å². The highest BCUT2D eigenvalue weighted by Gasteiger charge is 2.04. The number of hydrogen-bond donors (Lipinski definition) is 0. The Bertz CT molecular complexity index is 846. The molecule has 0 aliphatic rings. The normalized spacial score (nSPS) is 9.86. The molecule has 0 amide bonds. The summed E-state index contributed by atoms with van der Waals surface area (Å²) >= 11 is 1.75. The highest BCUT2D eigenvalue weighted by atomic mass is 32.1. The average Bonchev–Trinajstić information content (AvgIpc) is 3.00. The van der Waals surface area contributed by atoms with E-state index in [0.717, 1.165) is 11.1 Å². The summed E-state index contributed by atoms with van der Waals surface area (Å²) in [4.78, 5) is 14.6. The van der Waals surface area contributed by atoms with Crippen molar-refractivity contribution in [2.45, 2.75) is 6.92 Å². The summed E-state index contributed by atoms with van der Waals surface area (Å²) in [5, 5.41) is 0. The average molecular weight is 302 g/mol. The molecule has 2 heteroatoms. The van der Waals surface area contributed by atoms with E-state index in [-0.39, 0.29) is 5.78 Å². The first-order valence-electron chi connectivity index (χ1n) is 7.01. The molecule has 1 heterocycles. The highest BCUT2D eigenvalue weighted by Crippen LogP contribution is 2.27. The van der Waals surface area contributed by atoms with Crippen LogP contribution in [0.1, 0.15) is 20.8 Å². The number of hydrogen-bond acceptors (Lipinski definition) is 2. The maximum atomic E-state index is 12.1. The Morgan fingerprint density at radius 2 is 1.64 bits per heavy atom. The van der Waals surface area contributed by atoms with Crippen LogP contribution in [0.5, 0.6) is 0 Å². The first-order chi connectivity index (χ1) is 10.7.